The van der Waals surface area contributed by atoms with Gasteiger partial charge in [-0.15, -0.1) is 6.54 Å². The fourth-order valence-electron chi connectivity index (χ4n) is 3.81. The Bertz CT molecular complexity index is 745. The number of nitrogens with zero attached hydrogens (tertiary/aromatic N) is 1. The maximum Gasteiger partial charge on any atom is 0.480 e. The molecule has 0 aromatic rings. The fourth-order valence-corrected chi connectivity index (χ4v) is 4.28. The minimum absolute atomic E-state index is 0.103. The molecule has 0 aromatic carbocycles. The molecular weight excluding hydrogens is 439 g/mol. The normalized spacial score (nSPS) is 19.0. The van der Waals surface area contributed by atoms with Crippen LogP contribution in [0.15, 0.2) is 0 Å². The van der Waals surface area contributed by atoms with E-state index in [1.165, 1.54) is 0 Å². The van der Waals surface area contributed by atoms with Gasteiger partial charge in [0.15, 0.2) is 10.0 Å². The molecule has 1 fully saturated rings. The van der Waals surface area contributed by atoms with Gasteiger partial charge in [0.25, 0.3) is 0 Å². The lowest BCUT2D eigenvalue weighted by atomic mass is 9.72. The number of esters is 2. The highest BCUT2D eigenvalue weighted by Gasteiger charge is 2.46. The molecule has 0 saturated heterocycles. The maximum absolute atomic E-state index is 12.9. The molecule has 1 saturated carbocycles. The zero-order chi connectivity index (χ0) is 24.1. The molecule has 0 amide bonds. The van der Waals surface area contributed by atoms with E-state index in [9.17, 15) is 31.2 Å². The highest BCUT2D eigenvalue weighted by Crippen LogP contribution is 2.42. The topological polar surface area (TPSA) is 101 Å². The van der Waals surface area contributed by atoms with E-state index in [0.717, 1.165) is 25.7 Å². The Morgan fingerprint density at radius 2 is 1.58 bits per heavy atom. The second-order valence-electron chi connectivity index (χ2n) is 9.02. The van der Waals surface area contributed by atoms with Gasteiger partial charge in [0, 0.05) is 0 Å². The largest absolute Gasteiger partial charge is 0.538 e. The van der Waals surface area contributed by atoms with Gasteiger partial charge in [-0.05, 0) is 65.7 Å². The molecule has 0 aliphatic heterocycles. The highest BCUT2D eigenvalue weighted by molar-refractivity contribution is 7.94. The number of hydrogen-bond donors (Lipinski definition) is 0. The lowest BCUT2D eigenvalue weighted by Crippen LogP contribution is -2.42. The van der Waals surface area contributed by atoms with Crippen LogP contribution in [0.4, 0.5) is 13.2 Å². The predicted octanol–water partition coefficient (Wildman–Crippen LogP) is 4.85. The van der Waals surface area contributed by atoms with E-state index in [1.54, 1.807) is 27.7 Å². The molecule has 0 N–H and O–H groups in total. The summed E-state index contributed by atoms with van der Waals surface area (Å²) in [7, 11) is -5.62. The van der Waals surface area contributed by atoms with Crippen LogP contribution in [-0.4, -0.2) is 44.6 Å². The molecule has 182 valence electrons. The van der Waals surface area contributed by atoms with Crippen LogP contribution in [0.5, 0.6) is 0 Å². The molecule has 0 radical (unpaired) electrons. The second kappa shape index (κ2) is 10.1. The van der Waals surface area contributed by atoms with Crippen LogP contribution < -0.4 is 0 Å². The number of alkyl halides is 3. The Kier molecular flexibility index (Phi) is 8.98. The van der Waals surface area contributed by atoms with Crippen LogP contribution in [0.25, 0.3) is 4.72 Å². The summed E-state index contributed by atoms with van der Waals surface area (Å²) in [5, 5.41) is 0. The van der Waals surface area contributed by atoms with Crippen LogP contribution in [0.3, 0.4) is 0 Å². The first-order valence-electron chi connectivity index (χ1n) is 10.4. The van der Waals surface area contributed by atoms with Crippen molar-refractivity contribution in [2.75, 3.05) is 13.2 Å². The van der Waals surface area contributed by atoms with Gasteiger partial charge in [-0.1, -0.05) is 13.8 Å². The Morgan fingerprint density at radius 3 is 2.03 bits per heavy atom. The SMILES string of the molecule is CCC1(OC(=O)C(C)(C)CC(C)(CC)C(=O)OCC[N-]S(=O)(=O)C(F)(F)F)CCCC1. The number of carbonyl (C=O) groups excluding carboxylic acids is 2. The Labute approximate surface area is 182 Å². The molecular formula is C20H33F3NO6S-. The van der Waals surface area contributed by atoms with E-state index in [1.807, 2.05) is 6.92 Å². The lowest BCUT2D eigenvalue weighted by molar-refractivity contribution is -0.174. The number of hydrogen-bond acceptors (Lipinski definition) is 6. The molecule has 1 aliphatic carbocycles. The summed E-state index contributed by atoms with van der Waals surface area (Å²) in [5.41, 5.74) is -8.07. The van der Waals surface area contributed by atoms with Crippen molar-refractivity contribution < 1.29 is 40.7 Å². The molecule has 1 atom stereocenters. The minimum atomic E-state index is -5.62. The Morgan fingerprint density at radius 1 is 1.03 bits per heavy atom. The summed E-state index contributed by atoms with van der Waals surface area (Å²) < 4.78 is 72.2. The van der Waals surface area contributed by atoms with Crippen molar-refractivity contribution >= 4 is 22.0 Å². The third-order valence-electron chi connectivity index (χ3n) is 6.00. The zero-order valence-corrected chi connectivity index (χ0v) is 19.6. The van der Waals surface area contributed by atoms with Crippen LogP contribution in [0.2, 0.25) is 0 Å². The number of carbonyl (C=O) groups is 2. The number of halogens is 3. The average Bonchev–Trinajstić information content (AvgIpc) is 3.12. The quantitative estimate of drug-likeness (QED) is 0.315. The molecule has 0 aromatic heterocycles. The van der Waals surface area contributed by atoms with Gasteiger partial charge in [0.2, 0.25) is 0 Å². The fraction of sp³-hybridized carbons (Fsp3) is 0.900. The van der Waals surface area contributed by atoms with Crippen molar-refractivity contribution in [2.24, 2.45) is 10.8 Å². The van der Waals surface area contributed by atoms with Crippen LogP contribution in [0.1, 0.15) is 79.6 Å². The van der Waals surface area contributed by atoms with Gasteiger partial charge in [-0.3, -0.25) is 9.59 Å². The van der Waals surface area contributed by atoms with Gasteiger partial charge in [0.05, 0.1) is 17.4 Å². The van der Waals surface area contributed by atoms with Crippen molar-refractivity contribution in [3.05, 3.63) is 4.72 Å². The molecule has 0 heterocycles. The molecule has 0 spiro atoms. The number of ether oxygens (including phenoxy) is 2. The molecule has 0 bridgehead atoms. The third-order valence-corrected chi connectivity index (χ3v) is 7.11. The van der Waals surface area contributed by atoms with Crippen molar-refractivity contribution in [1.29, 1.82) is 0 Å². The first-order chi connectivity index (χ1) is 14.0. The Balaban J connectivity index is 2.72. The molecule has 11 heteroatoms. The Hall–Kier alpha value is -1.36. The molecule has 1 rings (SSSR count). The molecule has 31 heavy (non-hydrogen) atoms. The minimum Gasteiger partial charge on any atom is -0.538 e. The zero-order valence-electron chi connectivity index (χ0n) is 18.8. The van der Waals surface area contributed by atoms with Crippen molar-refractivity contribution in [1.82, 2.24) is 0 Å². The summed E-state index contributed by atoms with van der Waals surface area (Å²) >= 11 is 0. The van der Waals surface area contributed by atoms with Crippen LogP contribution in [-0.2, 0) is 29.1 Å². The smallest absolute Gasteiger partial charge is 0.480 e. The summed E-state index contributed by atoms with van der Waals surface area (Å²) in [4.78, 5) is 25.5. The number of rotatable bonds is 11. The summed E-state index contributed by atoms with van der Waals surface area (Å²) in [6.45, 7) is 7.21. The summed E-state index contributed by atoms with van der Waals surface area (Å²) in [6, 6.07) is 0. The van der Waals surface area contributed by atoms with Crippen molar-refractivity contribution in [2.45, 2.75) is 90.7 Å². The third kappa shape index (κ3) is 7.06. The highest BCUT2D eigenvalue weighted by atomic mass is 32.2. The second-order valence-corrected chi connectivity index (χ2v) is 10.7. The van der Waals surface area contributed by atoms with E-state index >= 15 is 0 Å². The van der Waals surface area contributed by atoms with Gasteiger partial charge >= 0.3 is 17.4 Å². The van der Waals surface area contributed by atoms with Gasteiger partial charge in [-0.25, -0.2) is 8.42 Å². The van der Waals surface area contributed by atoms with E-state index in [2.05, 4.69) is 4.72 Å². The maximum atomic E-state index is 12.9. The molecule has 1 unspecified atom stereocenters. The summed E-state index contributed by atoms with van der Waals surface area (Å²) in [5.74, 6) is -1.14. The first-order valence-corrected chi connectivity index (χ1v) is 11.9. The van der Waals surface area contributed by atoms with E-state index in [4.69, 9.17) is 9.47 Å². The molecule has 7 nitrogen and oxygen atoms in total. The van der Waals surface area contributed by atoms with Crippen LogP contribution >= 0.6 is 0 Å². The van der Waals surface area contributed by atoms with Gasteiger partial charge in [0.1, 0.15) is 5.60 Å². The van der Waals surface area contributed by atoms with Crippen molar-refractivity contribution in [3.63, 3.8) is 0 Å². The molecule has 1 aliphatic rings. The van der Waals surface area contributed by atoms with Gasteiger partial charge < -0.3 is 14.2 Å². The van der Waals surface area contributed by atoms with E-state index < -0.39 is 57.1 Å². The number of sulfonamides is 1. The van der Waals surface area contributed by atoms with Crippen LogP contribution in [0, 0.1) is 10.8 Å². The van der Waals surface area contributed by atoms with Gasteiger partial charge in [-0.2, -0.15) is 13.2 Å². The monoisotopic (exact) mass is 472 g/mol. The van der Waals surface area contributed by atoms with E-state index in [-0.39, 0.29) is 6.42 Å². The van der Waals surface area contributed by atoms with Crippen molar-refractivity contribution in [3.8, 4) is 0 Å². The predicted molar refractivity (Wildman–Crippen MR) is 109 cm³/mol. The van der Waals surface area contributed by atoms with E-state index in [0.29, 0.717) is 12.8 Å². The average molecular weight is 473 g/mol. The summed E-state index contributed by atoms with van der Waals surface area (Å²) in [6.07, 6.45) is 4.73. The standard InChI is InChI=1S/C20H33F3NO6S/c1-6-18(5,16(26)29-13-12-24-31(27,28)20(21,22)23)14-17(3,4)15(25)30-19(7-2)10-8-9-11-19/h6-14H2,1-5H3/q-1. The lowest BCUT2D eigenvalue weighted by Gasteiger charge is -2.37. The first kappa shape index (κ1) is 27.7.